The Bertz CT molecular complexity index is 290. The lowest BCUT2D eigenvalue weighted by Gasteiger charge is -2.13. The van der Waals surface area contributed by atoms with Gasteiger partial charge in [-0.15, -0.1) is 0 Å². The SMILES string of the molecule is C[N+](=O)C(C)(C)Cc1ccccc1. The molecule has 0 N–H and O–H groups in total. The van der Waals surface area contributed by atoms with Crippen molar-refractivity contribution in [3.05, 3.63) is 40.8 Å². The summed E-state index contributed by atoms with van der Waals surface area (Å²) >= 11 is 0. The molecule has 0 aliphatic carbocycles. The van der Waals surface area contributed by atoms with E-state index >= 15 is 0 Å². The number of rotatable bonds is 3. The zero-order valence-corrected chi connectivity index (χ0v) is 8.45. The van der Waals surface area contributed by atoms with Crippen LogP contribution >= 0.6 is 0 Å². The number of nitrogens with zero attached hydrogens (tertiary/aromatic N) is 1. The third-order valence-electron chi connectivity index (χ3n) is 2.33. The van der Waals surface area contributed by atoms with Crippen molar-refractivity contribution in [1.82, 2.24) is 0 Å². The largest absolute Gasteiger partial charge is 0.208 e. The van der Waals surface area contributed by atoms with Gasteiger partial charge in [0, 0.05) is 29.9 Å². The molecule has 0 spiro atoms. The maximum absolute atomic E-state index is 11.2. The summed E-state index contributed by atoms with van der Waals surface area (Å²) in [6, 6.07) is 10.1. The van der Waals surface area contributed by atoms with Gasteiger partial charge in [-0.1, -0.05) is 30.3 Å². The molecular formula is C11H16NO+. The molecule has 0 unspecified atom stereocenters. The molecular weight excluding hydrogens is 162 g/mol. The fourth-order valence-corrected chi connectivity index (χ4v) is 1.21. The molecule has 70 valence electrons. The normalized spacial score (nSPS) is 11.3. The number of nitroso groups, excluding NO2 is 1. The molecule has 0 saturated heterocycles. The average molecular weight is 178 g/mol. The second kappa shape index (κ2) is 3.69. The Hall–Kier alpha value is -1.18. The van der Waals surface area contributed by atoms with E-state index in [0.29, 0.717) is 0 Å². The highest BCUT2D eigenvalue weighted by Gasteiger charge is 2.31. The maximum Gasteiger partial charge on any atom is 0.208 e. The van der Waals surface area contributed by atoms with Gasteiger partial charge < -0.3 is 0 Å². The summed E-state index contributed by atoms with van der Waals surface area (Å²) in [5.41, 5.74) is 0.886. The van der Waals surface area contributed by atoms with Crippen molar-refractivity contribution in [2.75, 3.05) is 7.05 Å². The van der Waals surface area contributed by atoms with Crippen LogP contribution in [0.15, 0.2) is 30.3 Å². The minimum absolute atomic E-state index is 0.318. The summed E-state index contributed by atoms with van der Waals surface area (Å²) in [6.45, 7) is 3.90. The highest BCUT2D eigenvalue weighted by atomic mass is 16.3. The van der Waals surface area contributed by atoms with Crippen molar-refractivity contribution in [2.24, 2.45) is 0 Å². The van der Waals surface area contributed by atoms with E-state index in [0.717, 1.165) is 11.2 Å². The molecule has 0 amide bonds. The molecule has 0 aliphatic rings. The van der Waals surface area contributed by atoms with Crippen molar-refractivity contribution in [3.8, 4) is 0 Å². The van der Waals surface area contributed by atoms with Gasteiger partial charge in [0.05, 0.1) is 0 Å². The Kier molecular flexibility index (Phi) is 2.81. The van der Waals surface area contributed by atoms with E-state index in [-0.39, 0.29) is 5.54 Å². The lowest BCUT2D eigenvalue weighted by atomic mass is 9.95. The molecule has 0 aromatic heterocycles. The van der Waals surface area contributed by atoms with Crippen LogP contribution in [0.1, 0.15) is 19.4 Å². The lowest BCUT2D eigenvalue weighted by molar-refractivity contribution is -0.594. The van der Waals surface area contributed by atoms with Crippen molar-refractivity contribution in [1.29, 1.82) is 0 Å². The number of likely N-dealkylation sites (N-methyl/N-ethyl adjacent to an activating group) is 1. The van der Waals surface area contributed by atoms with Crippen LogP contribution in [0, 0.1) is 4.91 Å². The summed E-state index contributed by atoms with van der Waals surface area (Å²) in [5.74, 6) is 0. The van der Waals surface area contributed by atoms with Crippen molar-refractivity contribution < 1.29 is 4.76 Å². The van der Waals surface area contributed by atoms with Crippen LogP contribution < -0.4 is 0 Å². The van der Waals surface area contributed by atoms with Gasteiger partial charge in [0.2, 0.25) is 5.54 Å². The van der Waals surface area contributed by atoms with E-state index in [1.54, 1.807) is 7.05 Å². The van der Waals surface area contributed by atoms with Crippen molar-refractivity contribution >= 4 is 0 Å². The Labute approximate surface area is 79.2 Å². The summed E-state index contributed by atoms with van der Waals surface area (Å²) < 4.78 is 1.01. The first-order valence-corrected chi connectivity index (χ1v) is 4.47. The van der Waals surface area contributed by atoms with Crippen LogP contribution in [-0.2, 0) is 6.42 Å². The molecule has 2 nitrogen and oxygen atoms in total. The Morgan fingerprint density at radius 1 is 1.23 bits per heavy atom. The molecule has 13 heavy (non-hydrogen) atoms. The van der Waals surface area contributed by atoms with Crippen LogP contribution in [-0.4, -0.2) is 17.3 Å². The lowest BCUT2D eigenvalue weighted by Crippen LogP contribution is -2.34. The molecule has 1 aromatic carbocycles. The molecule has 0 heterocycles. The van der Waals surface area contributed by atoms with Crippen LogP contribution in [0.5, 0.6) is 0 Å². The van der Waals surface area contributed by atoms with Gasteiger partial charge in [-0.25, -0.2) is 0 Å². The standard InChI is InChI=1S/C11H16NO/c1-11(2,12(3)13)9-10-7-5-4-6-8-10/h4-8H,9H2,1-3H3/q+1. The highest BCUT2D eigenvalue weighted by Crippen LogP contribution is 2.14. The fraction of sp³-hybridized carbons (Fsp3) is 0.455. The average Bonchev–Trinajstić information content (AvgIpc) is 2.05. The zero-order chi connectivity index (χ0) is 9.90. The number of benzene rings is 1. The summed E-state index contributed by atoms with van der Waals surface area (Å²) in [6.07, 6.45) is 0.786. The van der Waals surface area contributed by atoms with Crippen LogP contribution in [0.25, 0.3) is 0 Å². The molecule has 0 atom stereocenters. The Balaban J connectivity index is 2.75. The van der Waals surface area contributed by atoms with Gasteiger partial charge in [-0.2, -0.15) is 0 Å². The summed E-state index contributed by atoms with van der Waals surface area (Å²) in [7, 11) is 1.57. The monoisotopic (exact) mass is 178 g/mol. The smallest absolute Gasteiger partial charge is 0.0622 e. The van der Waals surface area contributed by atoms with Crippen LogP contribution in [0.3, 0.4) is 0 Å². The second-order valence-electron chi connectivity index (χ2n) is 3.97. The van der Waals surface area contributed by atoms with E-state index < -0.39 is 0 Å². The van der Waals surface area contributed by atoms with E-state index in [1.165, 1.54) is 5.56 Å². The number of hydrogen-bond donors (Lipinski definition) is 0. The Morgan fingerprint density at radius 2 is 1.77 bits per heavy atom. The third kappa shape index (κ3) is 2.65. The van der Waals surface area contributed by atoms with E-state index in [2.05, 4.69) is 0 Å². The van der Waals surface area contributed by atoms with Crippen LogP contribution in [0.2, 0.25) is 0 Å². The quantitative estimate of drug-likeness (QED) is 0.651. The molecule has 0 fully saturated rings. The number of hydrogen-bond acceptors (Lipinski definition) is 1. The third-order valence-corrected chi connectivity index (χ3v) is 2.33. The molecule has 1 rings (SSSR count). The maximum atomic E-state index is 11.2. The minimum Gasteiger partial charge on any atom is -0.0622 e. The van der Waals surface area contributed by atoms with E-state index in [9.17, 15) is 4.91 Å². The molecule has 0 radical (unpaired) electrons. The van der Waals surface area contributed by atoms with Gasteiger partial charge in [-0.05, 0) is 5.56 Å². The molecule has 0 bridgehead atoms. The molecule has 0 saturated carbocycles. The first-order valence-electron chi connectivity index (χ1n) is 4.47. The van der Waals surface area contributed by atoms with E-state index in [1.807, 2.05) is 44.2 Å². The molecule has 2 heteroatoms. The summed E-state index contributed by atoms with van der Waals surface area (Å²) in [4.78, 5) is 11.2. The highest BCUT2D eigenvalue weighted by molar-refractivity contribution is 5.16. The van der Waals surface area contributed by atoms with Crippen LogP contribution in [0.4, 0.5) is 0 Å². The second-order valence-corrected chi connectivity index (χ2v) is 3.97. The molecule has 1 aromatic rings. The predicted molar refractivity (Wildman–Crippen MR) is 53.8 cm³/mol. The van der Waals surface area contributed by atoms with Gasteiger partial charge >= 0.3 is 0 Å². The van der Waals surface area contributed by atoms with Crippen molar-refractivity contribution in [3.63, 3.8) is 0 Å². The first kappa shape index (κ1) is 9.90. The predicted octanol–water partition coefficient (Wildman–Crippen LogP) is 2.42. The zero-order valence-electron chi connectivity index (χ0n) is 8.45. The van der Waals surface area contributed by atoms with Gasteiger partial charge in [-0.3, -0.25) is 0 Å². The fourth-order valence-electron chi connectivity index (χ4n) is 1.21. The minimum atomic E-state index is -0.318. The van der Waals surface area contributed by atoms with E-state index in [4.69, 9.17) is 0 Å². The van der Waals surface area contributed by atoms with Gasteiger partial charge in [0.15, 0.2) is 7.05 Å². The summed E-state index contributed by atoms with van der Waals surface area (Å²) in [5, 5.41) is 0. The Morgan fingerprint density at radius 3 is 2.23 bits per heavy atom. The topological polar surface area (TPSA) is 20.1 Å². The van der Waals surface area contributed by atoms with Crippen molar-refractivity contribution in [2.45, 2.75) is 25.8 Å². The first-order chi connectivity index (χ1) is 6.02. The van der Waals surface area contributed by atoms with Gasteiger partial charge in [0.1, 0.15) is 0 Å². The molecule has 0 aliphatic heterocycles. The van der Waals surface area contributed by atoms with Gasteiger partial charge in [0.25, 0.3) is 0 Å².